The lowest BCUT2D eigenvalue weighted by Gasteiger charge is -2.21. The van der Waals surface area contributed by atoms with Gasteiger partial charge in [-0.3, -0.25) is 0 Å². The normalized spacial score (nSPS) is 11.5. The van der Waals surface area contributed by atoms with Gasteiger partial charge in [0.05, 0.1) is 6.33 Å². The van der Waals surface area contributed by atoms with Gasteiger partial charge in [-0.15, -0.1) is 0 Å². The van der Waals surface area contributed by atoms with Crippen LogP contribution in [0.5, 0.6) is 0 Å². The third-order valence-corrected chi connectivity index (χ3v) is 3.15. The van der Waals surface area contributed by atoms with E-state index in [2.05, 4.69) is 56.4 Å². The summed E-state index contributed by atoms with van der Waals surface area (Å²) in [7, 11) is 3.90. The van der Waals surface area contributed by atoms with Gasteiger partial charge in [0.1, 0.15) is 5.52 Å². The Morgan fingerprint density at radius 2 is 2.16 bits per heavy atom. The molecule has 2 rings (SSSR count). The Kier molecular flexibility index (Phi) is 4.16. The van der Waals surface area contributed by atoms with Gasteiger partial charge in [-0.1, -0.05) is 0 Å². The molecule has 0 saturated carbocycles. The molecule has 0 aliphatic carbocycles. The first-order valence-electron chi connectivity index (χ1n) is 6.44. The molecule has 104 valence electrons. The van der Waals surface area contributed by atoms with Crippen LogP contribution in [0.3, 0.4) is 0 Å². The molecule has 0 radical (unpaired) electrons. The molecular weight excluding hydrogens is 242 g/mol. The SMILES string of the molecule is CNc1nc(NCCN(C)C(C)C)c2[nH]cnc2n1. The average molecular weight is 263 g/mol. The molecule has 19 heavy (non-hydrogen) atoms. The number of anilines is 2. The summed E-state index contributed by atoms with van der Waals surface area (Å²) in [5, 5.41) is 6.27. The van der Waals surface area contributed by atoms with E-state index >= 15 is 0 Å². The monoisotopic (exact) mass is 263 g/mol. The van der Waals surface area contributed by atoms with Crippen LogP contribution in [0.25, 0.3) is 11.2 Å². The summed E-state index contributed by atoms with van der Waals surface area (Å²) in [5.41, 5.74) is 1.50. The van der Waals surface area contributed by atoms with Gasteiger partial charge in [0, 0.05) is 26.2 Å². The minimum Gasteiger partial charge on any atom is -0.367 e. The van der Waals surface area contributed by atoms with Crippen LogP contribution in [-0.2, 0) is 0 Å². The van der Waals surface area contributed by atoms with Crippen molar-refractivity contribution in [3.05, 3.63) is 6.33 Å². The van der Waals surface area contributed by atoms with Gasteiger partial charge in [0.2, 0.25) is 5.95 Å². The van der Waals surface area contributed by atoms with Crippen LogP contribution in [0.2, 0.25) is 0 Å². The Balaban J connectivity index is 2.09. The zero-order valence-corrected chi connectivity index (χ0v) is 11.9. The molecule has 2 heterocycles. The molecule has 0 aromatic carbocycles. The van der Waals surface area contributed by atoms with Crippen molar-refractivity contribution >= 4 is 22.9 Å². The van der Waals surface area contributed by atoms with Crippen LogP contribution < -0.4 is 10.6 Å². The molecule has 0 saturated heterocycles. The molecule has 0 aliphatic rings. The minimum atomic E-state index is 0.534. The molecule has 0 unspecified atom stereocenters. The lowest BCUT2D eigenvalue weighted by molar-refractivity contribution is 0.284. The zero-order valence-electron chi connectivity index (χ0n) is 11.9. The molecule has 0 fully saturated rings. The van der Waals surface area contributed by atoms with E-state index in [9.17, 15) is 0 Å². The van der Waals surface area contributed by atoms with Crippen molar-refractivity contribution in [2.75, 3.05) is 37.8 Å². The van der Waals surface area contributed by atoms with Gasteiger partial charge in [-0.25, -0.2) is 4.98 Å². The summed E-state index contributed by atoms with van der Waals surface area (Å²) < 4.78 is 0. The van der Waals surface area contributed by atoms with Crippen molar-refractivity contribution in [3.63, 3.8) is 0 Å². The third kappa shape index (κ3) is 3.11. The van der Waals surface area contributed by atoms with Crippen molar-refractivity contribution in [1.82, 2.24) is 24.8 Å². The Hall–Kier alpha value is -1.89. The van der Waals surface area contributed by atoms with Crippen molar-refractivity contribution < 1.29 is 0 Å². The maximum atomic E-state index is 4.41. The first-order valence-corrected chi connectivity index (χ1v) is 6.44. The predicted molar refractivity (Wildman–Crippen MR) is 77.5 cm³/mol. The number of rotatable bonds is 6. The Morgan fingerprint density at radius 1 is 1.37 bits per heavy atom. The Morgan fingerprint density at radius 3 is 2.84 bits per heavy atom. The summed E-state index contributed by atoms with van der Waals surface area (Å²) in [6.07, 6.45) is 1.63. The first kappa shape index (κ1) is 13.5. The van der Waals surface area contributed by atoms with E-state index in [-0.39, 0.29) is 0 Å². The molecule has 3 N–H and O–H groups in total. The fourth-order valence-electron chi connectivity index (χ4n) is 1.68. The zero-order chi connectivity index (χ0) is 13.8. The molecule has 7 nitrogen and oxygen atoms in total. The standard InChI is InChI=1S/C12H21N7/c1-8(2)19(4)6-5-14-10-9-11(16-7-15-9)18-12(13-3)17-10/h7-8H,5-6H2,1-4H3,(H3,13,14,15,16,17,18). The molecule has 0 atom stereocenters. The van der Waals surface area contributed by atoms with E-state index in [1.807, 2.05) is 0 Å². The fourth-order valence-corrected chi connectivity index (χ4v) is 1.68. The Bertz CT molecular complexity index is 534. The summed E-state index contributed by atoms with van der Waals surface area (Å²) in [6.45, 7) is 6.13. The van der Waals surface area contributed by atoms with Crippen LogP contribution in [0.4, 0.5) is 11.8 Å². The lowest BCUT2D eigenvalue weighted by atomic mass is 10.3. The highest BCUT2D eigenvalue weighted by Crippen LogP contribution is 2.17. The van der Waals surface area contributed by atoms with E-state index in [0.29, 0.717) is 17.6 Å². The maximum Gasteiger partial charge on any atom is 0.226 e. The van der Waals surface area contributed by atoms with Crippen molar-refractivity contribution in [3.8, 4) is 0 Å². The summed E-state index contributed by atoms with van der Waals surface area (Å²) >= 11 is 0. The van der Waals surface area contributed by atoms with E-state index in [4.69, 9.17) is 0 Å². The second-order valence-corrected chi connectivity index (χ2v) is 4.75. The minimum absolute atomic E-state index is 0.534. The molecule has 0 bridgehead atoms. The van der Waals surface area contributed by atoms with Gasteiger partial charge in [-0.2, -0.15) is 9.97 Å². The molecule has 0 amide bonds. The number of hydrogen-bond donors (Lipinski definition) is 3. The number of imidazole rings is 1. The van der Waals surface area contributed by atoms with E-state index < -0.39 is 0 Å². The summed E-state index contributed by atoms with van der Waals surface area (Å²) in [4.78, 5) is 18.2. The number of H-pyrrole nitrogens is 1. The molecule has 7 heteroatoms. The lowest BCUT2D eigenvalue weighted by Crippen LogP contribution is -2.31. The predicted octanol–water partition coefficient (Wildman–Crippen LogP) is 1.15. The summed E-state index contributed by atoms with van der Waals surface area (Å²) in [5.74, 6) is 1.35. The topological polar surface area (TPSA) is 81.8 Å². The first-order chi connectivity index (χ1) is 9.11. The van der Waals surface area contributed by atoms with Gasteiger partial charge in [0.15, 0.2) is 11.5 Å². The number of aromatic amines is 1. The number of nitrogens with zero attached hydrogens (tertiary/aromatic N) is 4. The molecule has 2 aromatic heterocycles. The summed E-state index contributed by atoms with van der Waals surface area (Å²) in [6, 6.07) is 0.534. The van der Waals surface area contributed by atoms with Crippen LogP contribution in [0.15, 0.2) is 6.33 Å². The number of nitrogens with one attached hydrogen (secondary N) is 3. The van der Waals surface area contributed by atoms with E-state index in [0.717, 1.165) is 24.4 Å². The number of aromatic nitrogens is 4. The van der Waals surface area contributed by atoms with Crippen LogP contribution in [0, 0.1) is 0 Å². The maximum absolute atomic E-state index is 4.41. The van der Waals surface area contributed by atoms with Gasteiger partial charge in [0.25, 0.3) is 0 Å². The average Bonchev–Trinajstić information content (AvgIpc) is 2.86. The van der Waals surface area contributed by atoms with Gasteiger partial charge in [-0.05, 0) is 20.9 Å². The van der Waals surface area contributed by atoms with Gasteiger partial charge >= 0.3 is 0 Å². The number of fused-ring (bicyclic) bond motifs is 1. The second kappa shape index (κ2) is 5.83. The fraction of sp³-hybridized carbons (Fsp3) is 0.583. The largest absolute Gasteiger partial charge is 0.367 e. The van der Waals surface area contributed by atoms with Crippen molar-refractivity contribution in [2.45, 2.75) is 19.9 Å². The van der Waals surface area contributed by atoms with Crippen molar-refractivity contribution in [1.29, 1.82) is 0 Å². The van der Waals surface area contributed by atoms with Crippen LogP contribution in [-0.4, -0.2) is 58.1 Å². The number of likely N-dealkylation sites (N-methyl/N-ethyl adjacent to an activating group) is 1. The third-order valence-electron chi connectivity index (χ3n) is 3.15. The van der Waals surface area contributed by atoms with E-state index in [1.165, 1.54) is 0 Å². The number of hydrogen-bond acceptors (Lipinski definition) is 6. The highest BCUT2D eigenvalue weighted by atomic mass is 15.2. The van der Waals surface area contributed by atoms with Crippen LogP contribution >= 0.6 is 0 Å². The second-order valence-electron chi connectivity index (χ2n) is 4.75. The molecule has 2 aromatic rings. The molecular formula is C12H21N7. The quantitative estimate of drug-likeness (QED) is 0.725. The smallest absolute Gasteiger partial charge is 0.226 e. The van der Waals surface area contributed by atoms with E-state index in [1.54, 1.807) is 13.4 Å². The molecule has 0 spiro atoms. The highest BCUT2D eigenvalue weighted by Gasteiger charge is 2.09. The molecule has 0 aliphatic heterocycles. The van der Waals surface area contributed by atoms with Crippen LogP contribution in [0.1, 0.15) is 13.8 Å². The van der Waals surface area contributed by atoms with Gasteiger partial charge < -0.3 is 20.5 Å². The van der Waals surface area contributed by atoms with Crippen molar-refractivity contribution in [2.24, 2.45) is 0 Å². The highest BCUT2D eigenvalue weighted by molar-refractivity contribution is 5.83. The Labute approximate surface area is 112 Å².